The van der Waals surface area contributed by atoms with Crippen LogP contribution >= 0.6 is 11.6 Å². The number of aryl methyl sites for hydroxylation is 1. The summed E-state index contributed by atoms with van der Waals surface area (Å²) in [6, 6.07) is 13.7. The molecule has 0 unspecified atom stereocenters. The van der Waals surface area contributed by atoms with Crippen LogP contribution in [0.4, 0.5) is 5.69 Å². The van der Waals surface area contributed by atoms with Crippen molar-refractivity contribution in [3.63, 3.8) is 0 Å². The molecule has 1 N–H and O–H groups in total. The second kappa shape index (κ2) is 6.44. The van der Waals surface area contributed by atoms with Crippen LogP contribution in [0, 0.1) is 0 Å². The third-order valence-electron chi connectivity index (χ3n) is 4.35. The highest BCUT2D eigenvalue weighted by atomic mass is 35.5. The minimum atomic E-state index is -0.467. The number of carbonyl (C=O) groups excluding carboxylic acids is 1. The molecule has 0 saturated carbocycles. The zero-order chi connectivity index (χ0) is 19.1. The van der Waals surface area contributed by atoms with E-state index in [9.17, 15) is 9.59 Å². The first-order valence-corrected chi connectivity index (χ1v) is 8.50. The second-order valence-electron chi connectivity index (χ2n) is 5.98. The van der Waals surface area contributed by atoms with Gasteiger partial charge in [0, 0.05) is 18.1 Å². The van der Waals surface area contributed by atoms with Crippen molar-refractivity contribution in [2.45, 2.75) is 0 Å². The van der Waals surface area contributed by atoms with Crippen molar-refractivity contribution in [2.75, 3.05) is 12.4 Å². The summed E-state index contributed by atoms with van der Waals surface area (Å²) in [4.78, 5) is 25.3. The van der Waals surface area contributed by atoms with Crippen LogP contribution < -0.4 is 15.6 Å². The summed E-state index contributed by atoms with van der Waals surface area (Å²) in [5.41, 5.74) is 2.07. The number of para-hydroxylation sites is 2. The molecule has 1 amide bonds. The number of methoxy groups -OCH3 is 1. The Morgan fingerprint density at radius 2 is 1.85 bits per heavy atom. The molecule has 0 saturated heterocycles. The summed E-state index contributed by atoms with van der Waals surface area (Å²) < 4.78 is 8.26. The molecule has 2 aromatic heterocycles. The topological polar surface area (TPSA) is 77.6 Å². The molecular weight excluding hydrogens is 368 g/mol. The van der Waals surface area contributed by atoms with E-state index >= 15 is 0 Å². The summed E-state index contributed by atoms with van der Waals surface area (Å²) in [7, 11) is 3.19. The van der Waals surface area contributed by atoms with Gasteiger partial charge in [0.1, 0.15) is 11.3 Å². The normalized spacial score (nSPS) is 11.1. The van der Waals surface area contributed by atoms with E-state index in [2.05, 4.69) is 10.4 Å². The lowest BCUT2D eigenvalue weighted by Gasteiger charge is -2.09. The lowest BCUT2D eigenvalue weighted by Crippen LogP contribution is -2.19. The number of aromatic nitrogens is 3. The zero-order valence-corrected chi connectivity index (χ0v) is 15.3. The van der Waals surface area contributed by atoms with Crippen LogP contribution in [0.2, 0.25) is 5.02 Å². The third-order valence-corrected chi connectivity index (χ3v) is 4.58. The van der Waals surface area contributed by atoms with Crippen molar-refractivity contribution < 1.29 is 9.53 Å². The van der Waals surface area contributed by atoms with Gasteiger partial charge in [-0.05, 0) is 30.3 Å². The SMILES string of the molecule is COc1ccc(Cl)cc1NC(=O)c1cc2c(=O)n(C)c3ccccc3n2n1. The van der Waals surface area contributed by atoms with E-state index in [1.165, 1.54) is 22.3 Å². The number of ether oxygens (including phenoxy) is 1. The monoisotopic (exact) mass is 382 g/mol. The molecule has 0 bridgehead atoms. The number of hydrogen-bond acceptors (Lipinski definition) is 4. The molecular formula is C19H15ClN4O3. The maximum Gasteiger partial charge on any atom is 0.276 e. The van der Waals surface area contributed by atoms with E-state index in [1.54, 1.807) is 25.2 Å². The summed E-state index contributed by atoms with van der Waals surface area (Å²) in [6.07, 6.45) is 0. The maximum atomic E-state index is 12.7. The van der Waals surface area contributed by atoms with Gasteiger partial charge in [-0.3, -0.25) is 9.59 Å². The van der Waals surface area contributed by atoms with Crippen LogP contribution in [0.1, 0.15) is 10.5 Å². The van der Waals surface area contributed by atoms with Crippen molar-refractivity contribution in [1.29, 1.82) is 0 Å². The van der Waals surface area contributed by atoms with Gasteiger partial charge in [0.05, 0.1) is 23.8 Å². The average Bonchev–Trinajstić information content (AvgIpc) is 3.12. The first-order valence-electron chi connectivity index (χ1n) is 8.12. The predicted molar refractivity (Wildman–Crippen MR) is 104 cm³/mol. The van der Waals surface area contributed by atoms with E-state index in [0.717, 1.165) is 11.0 Å². The standard InChI is InChI=1S/C19H15ClN4O3/c1-23-14-5-3-4-6-15(14)24-16(19(23)26)10-13(22-24)18(25)21-12-9-11(20)7-8-17(12)27-2/h3-10H,1-2H3,(H,21,25). The van der Waals surface area contributed by atoms with Crippen LogP contribution in [0.25, 0.3) is 16.6 Å². The summed E-state index contributed by atoms with van der Waals surface area (Å²) >= 11 is 6.00. The number of nitrogens with zero attached hydrogens (tertiary/aromatic N) is 3. The number of nitrogens with one attached hydrogen (secondary N) is 1. The molecule has 0 fully saturated rings. The fraction of sp³-hybridized carbons (Fsp3) is 0.105. The Balaban J connectivity index is 1.82. The summed E-state index contributed by atoms with van der Waals surface area (Å²) in [6.45, 7) is 0. The number of hydrogen-bond donors (Lipinski definition) is 1. The molecule has 2 aromatic carbocycles. The van der Waals surface area contributed by atoms with Gasteiger partial charge in [-0.2, -0.15) is 5.10 Å². The molecule has 2 heterocycles. The minimum absolute atomic E-state index is 0.116. The van der Waals surface area contributed by atoms with Gasteiger partial charge >= 0.3 is 0 Å². The fourth-order valence-electron chi connectivity index (χ4n) is 3.00. The Morgan fingerprint density at radius 1 is 1.11 bits per heavy atom. The van der Waals surface area contributed by atoms with Gasteiger partial charge in [-0.25, -0.2) is 4.52 Å². The first-order chi connectivity index (χ1) is 13.0. The summed E-state index contributed by atoms with van der Waals surface area (Å²) in [5, 5.41) is 7.52. The smallest absolute Gasteiger partial charge is 0.276 e. The lowest BCUT2D eigenvalue weighted by molar-refractivity contribution is 0.102. The molecule has 0 atom stereocenters. The van der Waals surface area contributed by atoms with Crippen LogP contribution in [0.3, 0.4) is 0 Å². The molecule has 0 radical (unpaired) electrons. The number of amides is 1. The quantitative estimate of drug-likeness (QED) is 0.590. The number of carbonyl (C=O) groups is 1. The molecule has 0 aliphatic rings. The van der Waals surface area contributed by atoms with Crippen molar-refractivity contribution in [3.05, 3.63) is 69.6 Å². The number of anilines is 1. The fourth-order valence-corrected chi connectivity index (χ4v) is 3.17. The van der Waals surface area contributed by atoms with E-state index < -0.39 is 5.91 Å². The molecule has 4 aromatic rings. The predicted octanol–water partition coefficient (Wildman–Crippen LogP) is 3.10. The van der Waals surface area contributed by atoms with Crippen molar-refractivity contribution in [1.82, 2.24) is 14.2 Å². The molecule has 27 heavy (non-hydrogen) atoms. The van der Waals surface area contributed by atoms with E-state index in [-0.39, 0.29) is 11.3 Å². The van der Waals surface area contributed by atoms with Gasteiger partial charge in [0.2, 0.25) is 0 Å². The van der Waals surface area contributed by atoms with Crippen molar-refractivity contribution in [2.24, 2.45) is 7.05 Å². The summed E-state index contributed by atoms with van der Waals surface area (Å²) in [5.74, 6) is 0.00304. The van der Waals surface area contributed by atoms with Crippen LogP contribution in [-0.4, -0.2) is 27.2 Å². The Labute approximate surface area is 158 Å². The van der Waals surface area contributed by atoms with Crippen molar-refractivity contribution >= 4 is 39.7 Å². The molecule has 7 nitrogen and oxygen atoms in total. The maximum absolute atomic E-state index is 12.7. The van der Waals surface area contributed by atoms with E-state index in [0.29, 0.717) is 22.0 Å². The van der Waals surface area contributed by atoms with Gasteiger partial charge < -0.3 is 14.6 Å². The van der Waals surface area contributed by atoms with E-state index in [1.807, 2.05) is 24.3 Å². The van der Waals surface area contributed by atoms with Crippen LogP contribution in [-0.2, 0) is 7.05 Å². The average molecular weight is 383 g/mol. The Morgan fingerprint density at radius 3 is 2.59 bits per heavy atom. The lowest BCUT2D eigenvalue weighted by atomic mass is 10.2. The highest BCUT2D eigenvalue weighted by molar-refractivity contribution is 6.31. The Bertz CT molecular complexity index is 1260. The highest BCUT2D eigenvalue weighted by Crippen LogP contribution is 2.28. The van der Waals surface area contributed by atoms with Crippen LogP contribution in [0.15, 0.2) is 53.3 Å². The highest BCUT2D eigenvalue weighted by Gasteiger charge is 2.17. The number of benzene rings is 2. The molecule has 8 heteroatoms. The largest absolute Gasteiger partial charge is 0.495 e. The third kappa shape index (κ3) is 2.82. The molecule has 0 spiro atoms. The van der Waals surface area contributed by atoms with E-state index in [4.69, 9.17) is 16.3 Å². The van der Waals surface area contributed by atoms with Crippen molar-refractivity contribution in [3.8, 4) is 5.75 Å². The molecule has 0 aliphatic carbocycles. The van der Waals surface area contributed by atoms with Gasteiger partial charge in [0.25, 0.3) is 11.5 Å². The van der Waals surface area contributed by atoms with Gasteiger partial charge in [0.15, 0.2) is 5.69 Å². The Kier molecular flexibility index (Phi) is 4.08. The molecule has 136 valence electrons. The first kappa shape index (κ1) is 17.1. The number of halogens is 1. The van der Waals surface area contributed by atoms with Gasteiger partial charge in [-0.15, -0.1) is 0 Å². The second-order valence-corrected chi connectivity index (χ2v) is 6.41. The zero-order valence-electron chi connectivity index (χ0n) is 14.6. The Hall–Kier alpha value is -3.32. The number of fused-ring (bicyclic) bond motifs is 3. The number of rotatable bonds is 3. The minimum Gasteiger partial charge on any atom is -0.495 e. The van der Waals surface area contributed by atoms with Gasteiger partial charge in [-0.1, -0.05) is 23.7 Å². The molecule has 0 aliphatic heterocycles. The molecule has 4 rings (SSSR count). The van der Waals surface area contributed by atoms with Crippen LogP contribution in [0.5, 0.6) is 5.75 Å².